The van der Waals surface area contributed by atoms with Gasteiger partial charge in [-0.05, 0) is 30.2 Å². The highest BCUT2D eigenvalue weighted by atomic mass is 16.5. The maximum atomic E-state index is 5.51. The van der Waals surface area contributed by atoms with E-state index >= 15 is 0 Å². The summed E-state index contributed by atoms with van der Waals surface area (Å²) < 4.78 is 12.7. The van der Waals surface area contributed by atoms with Gasteiger partial charge in [-0.2, -0.15) is 4.98 Å². The zero-order valence-corrected chi connectivity index (χ0v) is 13.1. The molecule has 3 heterocycles. The third-order valence-corrected chi connectivity index (χ3v) is 3.91. The van der Waals surface area contributed by atoms with Crippen LogP contribution in [0.4, 0.5) is 0 Å². The van der Waals surface area contributed by atoms with Crippen LogP contribution in [0.5, 0.6) is 0 Å². The summed E-state index contributed by atoms with van der Waals surface area (Å²) in [5.41, 5.74) is 0. The van der Waals surface area contributed by atoms with E-state index in [2.05, 4.69) is 37.5 Å². The predicted octanol–water partition coefficient (Wildman–Crippen LogP) is 0.737. The molecule has 22 heavy (non-hydrogen) atoms. The SMILES string of the molecule is CCCn1nnnc1CN1C[C@@H](OC)C[C@@H]1c1nc(C)no1. The number of likely N-dealkylation sites (tertiary alicyclic amines) is 1. The molecule has 1 aliphatic heterocycles. The van der Waals surface area contributed by atoms with Crippen LogP contribution in [0.25, 0.3) is 0 Å². The van der Waals surface area contributed by atoms with Crippen LogP contribution in [0.2, 0.25) is 0 Å². The van der Waals surface area contributed by atoms with Gasteiger partial charge in [0.15, 0.2) is 11.6 Å². The number of rotatable bonds is 6. The van der Waals surface area contributed by atoms with E-state index in [1.807, 2.05) is 11.6 Å². The smallest absolute Gasteiger partial charge is 0.244 e. The van der Waals surface area contributed by atoms with E-state index in [-0.39, 0.29) is 12.1 Å². The number of hydrogen-bond acceptors (Lipinski definition) is 8. The van der Waals surface area contributed by atoms with E-state index in [1.54, 1.807) is 7.11 Å². The Morgan fingerprint density at radius 2 is 2.27 bits per heavy atom. The Morgan fingerprint density at radius 1 is 1.41 bits per heavy atom. The van der Waals surface area contributed by atoms with Crippen molar-refractivity contribution < 1.29 is 9.26 Å². The molecule has 0 unspecified atom stereocenters. The molecule has 1 aliphatic rings. The Balaban J connectivity index is 1.78. The van der Waals surface area contributed by atoms with Gasteiger partial charge < -0.3 is 9.26 Å². The van der Waals surface area contributed by atoms with Crippen LogP contribution in [-0.2, 0) is 17.8 Å². The fourth-order valence-corrected chi connectivity index (χ4v) is 2.82. The number of hydrogen-bond donors (Lipinski definition) is 0. The molecule has 0 amide bonds. The second-order valence-corrected chi connectivity index (χ2v) is 5.54. The van der Waals surface area contributed by atoms with Gasteiger partial charge in [-0.3, -0.25) is 4.90 Å². The molecule has 0 saturated carbocycles. The summed E-state index contributed by atoms with van der Waals surface area (Å²) in [5.74, 6) is 2.12. The van der Waals surface area contributed by atoms with E-state index in [0.717, 1.165) is 31.8 Å². The second-order valence-electron chi connectivity index (χ2n) is 5.54. The van der Waals surface area contributed by atoms with Crippen molar-refractivity contribution in [3.63, 3.8) is 0 Å². The van der Waals surface area contributed by atoms with Gasteiger partial charge in [0.1, 0.15) is 0 Å². The highest BCUT2D eigenvalue weighted by Gasteiger charge is 2.37. The molecule has 0 aliphatic carbocycles. The molecule has 2 aromatic rings. The van der Waals surface area contributed by atoms with Crippen molar-refractivity contribution in [3.8, 4) is 0 Å². The summed E-state index contributed by atoms with van der Waals surface area (Å²) in [4.78, 5) is 6.60. The molecular formula is C13H21N7O2. The number of aromatic nitrogens is 6. The minimum absolute atomic E-state index is 0.0397. The van der Waals surface area contributed by atoms with Crippen molar-refractivity contribution in [3.05, 3.63) is 17.5 Å². The van der Waals surface area contributed by atoms with Gasteiger partial charge in [0.25, 0.3) is 0 Å². The van der Waals surface area contributed by atoms with Crippen LogP contribution in [0.3, 0.4) is 0 Å². The van der Waals surface area contributed by atoms with Gasteiger partial charge in [-0.25, -0.2) is 4.68 Å². The van der Waals surface area contributed by atoms with E-state index in [9.17, 15) is 0 Å². The van der Waals surface area contributed by atoms with Crippen molar-refractivity contribution in [1.82, 2.24) is 35.2 Å². The molecule has 0 bridgehead atoms. The van der Waals surface area contributed by atoms with Crippen LogP contribution < -0.4 is 0 Å². The van der Waals surface area contributed by atoms with Crippen molar-refractivity contribution in [2.75, 3.05) is 13.7 Å². The molecule has 0 radical (unpaired) electrons. The first-order chi connectivity index (χ1) is 10.7. The minimum Gasteiger partial charge on any atom is -0.380 e. The molecule has 1 saturated heterocycles. The lowest BCUT2D eigenvalue weighted by Gasteiger charge is -2.20. The maximum Gasteiger partial charge on any atom is 0.244 e. The first kappa shape index (κ1) is 15.0. The van der Waals surface area contributed by atoms with Gasteiger partial charge in [0.2, 0.25) is 5.89 Å². The molecule has 120 valence electrons. The Hall–Kier alpha value is -1.87. The number of aryl methyl sites for hydroxylation is 2. The average molecular weight is 307 g/mol. The highest BCUT2D eigenvalue weighted by molar-refractivity contribution is 5.00. The lowest BCUT2D eigenvalue weighted by molar-refractivity contribution is 0.106. The first-order valence-corrected chi connectivity index (χ1v) is 7.53. The lowest BCUT2D eigenvalue weighted by atomic mass is 10.2. The number of tetrazole rings is 1. The molecule has 1 fully saturated rings. The van der Waals surface area contributed by atoms with Gasteiger partial charge in [-0.1, -0.05) is 12.1 Å². The second kappa shape index (κ2) is 6.49. The summed E-state index contributed by atoms with van der Waals surface area (Å²) in [6.45, 7) is 6.17. The molecule has 0 aromatic carbocycles. The lowest BCUT2D eigenvalue weighted by Crippen LogP contribution is -2.27. The normalized spacial score (nSPS) is 22.5. The van der Waals surface area contributed by atoms with Gasteiger partial charge in [-0.15, -0.1) is 5.10 Å². The Bertz CT molecular complexity index is 611. The fraction of sp³-hybridized carbons (Fsp3) is 0.769. The molecule has 9 nitrogen and oxygen atoms in total. The quantitative estimate of drug-likeness (QED) is 0.771. The number of methoxy groups -OCH3 is 1. The minimum atomic E-state index is 0.0397. The van der Waals surface area contributed by atoms with Crippen LogP contribution in [0, 0.1) is 6.92 Å². The Morgan fingerprint density at radius 3 is 2.95 bits per heavy atom. The summed E-state index contributed by atoms with van der Waals surface area (Å²) in [6, 6.07) is 0.0397. The summed E-state index contributed by atoms with van der Waals surface area (Å²) in [6.07, 6.45) is 1.96. The molecule has 3 rings (SSSR count). The third kappa shape index (κ3) is 3.00. The fourth-order valence-electron chi connectivity index (χ4n) is 2.82. The van der Waals surface area contributed by atoms with E-state index in [0.29, 0.717) is 18.3 Å². The van der Waals surface area contributed by atoms with Crippen LogP contribution in [0.1, 0.15) is 43.3 Å². The number of nitrogens with zero attached hydrogens (tertiary/aromatic N) is 7. The number of ether oxygens (including phenoxy) is 1. The Labute approximate surface area is 128 Å². The van der Waals surface area contributed by atoms with E-state index < -0.39 is 0 Å². The monoisotopic (exact) mass is 307 g/mol. The first-order valence-electron chi connectivity index (χ1n) is 7.53. The summed E-state index contributed by atoms with van der Waals surface area (Å²) in [5, 5.41) is 15.8. The van der Waals surface area contributed by atoms with E-state index in [4.69, 9.17) is 9.26 Å². The topological polar surface area (TPSA) is 95.0 Å². The Kier molecular flexibility index (Phi) is 4.44. The molecule has 9 heteroatoms. The zero-order valence-electron chi connectivity index (χ0n) is 13.1. The van der Waals surface area contributed by atoms with Crippen molar-refractivity contribution in [2.45, 2.75) is 51.9 Å². The molecular weight excluding hydrogens is 286 g/mol. The van der Waals surface area contributed by atoms with Crippen molar-refractivity contribution in [2.24, 2.45) is 0 Å². The zero-order chi connectivity index (χ0) is 15.5. The van der Waals surface area contributed by atoms with Crippen molar-refractivity contribution >= 4 is 0 Å². The van der Waals surface area contributed by atoms with Crippen LogP contribution in [0.15, 0.2) is 4.52 Å². The predicted molar refractivity (Wildman–Crippen MR) is 75.7 cm³/mol. The molecule has 2 aromatic heterocycles. The third-order valence-electron chi connectivity index (χ3n) is 3.91. The molecule has 0 spiro atoms. The van der Waals surface area contributed by atoms with Gasteiger partial charge >= 0.3 is 0 Å². The molecule has 0 N–H and O–H groups in total. The van der Waals surface area contributed by atoms with Crippen LogP contribution in [-0.4, -0.2) is 55.0 Å². The average Bonchev–Trinajstić information content (AvgIpc) is 3.21. The van der Waals surface area contributed by atoms with Crippen molar-refractivity contribution in [1.29, 1.82) is 0 Å². The highest BCUT2D eigenvalue weighted by Crippen LogP contribution is 2.33. The van der Waals surface area contributed by atoms with Crippen LogP contribution >= 0.6 is 0 Å². The standard InChI is InChI=1S/C13H21N7O2/c1-4-5-20-12(15-17-18-20)8-19-7-10(21-3)6-11(19)13-14-9(2)16-22-13/h10-11H,4-8H2,1-3H3/t10-,11+/m0/s1. The summed E-state index contributed by atoms with van der Waals surface area (Å²) >= 11 is 0. The largest absolute Gasteiger partial charge is 0.380 e. The molecule has 2 atom stereocenters. The van der Waals surface area contributed by atoms with Gasteiger partial charge in [0.05, 0.1) is 18.7 Å². The van der Waals surface area contributed by atoms with E-state index in [1.165, 1.54) is 0 Å². The maximum absolute atomic E-state index is 5.51. The van der Waals surface area contributed by atoms with Gasteiger partial charge in [0, 0.05) is 20.2 Å². The summed E-state index contributed by atoms with van der Waals surface area (Å²) in [7, 11) is 1.73.